The predicted molar refractivity (Wildman–Crippen MR) is 115 cm³/mol. The Bertz CT molecular complexity index is 1170. The van der Waals surface area contributed by atoms with Crippen molar-refractivity contribution in [2.45, 2.75) is 19.2 Å². The van der Waals surface area contributed by atoms with Crippen LogP contribution in [0, 0.1) is 5.82 Å². The molecule has 35 heavy (non-hydrogen) atoms. The molecule has 0 bridgehead atoms. The van der Waals surface area contributed by atoms with Crippen LogP contribution >= 0.6 is 0 Å². The average Bonchev–Trinajstić information content (AvgIpc) is 3.25. The average molecular weight is 495 g/mol. The number of hydrogen-bond donors (Lipinski definition) is 3. The molecule has 3 rings (SSSR count). The molecule has 9 nitrogen and oxygen atoms in total. The molecule has 1 heterocycles. The van der Waals surface area contributed by atoms with Gasteiger partial charge in [0.1, 0.15) is 30.4 Å². The topological polar surface area (TPSA) is 118 Å². The van der Waals surface area contributed by atoms with E-state index in [2.05, 4.69) is 15.6 Å². The number of alkyl halides is 3. The molecule has 3 N–H and O–H groups in total. The lowest BCUT2D eigenvalue weighted by molar-refractivity contribution is -0.123. The summed E-state index contributed by atoms with van der Waals surface area (Å²) in [6.07, 6.45) is -4.21. The molecule has 2 amide bonds. The van der Waals surface area contributed by atoms with Crippen LogP contribution < -0.4 is 15.4 Å². The summed E-state index contributed by atoms with van der Waals surface area (Å²) >= 11 is 0. The normalized spacial score (nSPS) is 11.2. The summed E-state index contributed by atoms with van der Waals surface area (Å²) in [5.74, 6) is -1.81. The molecule has 1 aromatic heterocycles. The van der Waals surface area contributed by atoms with Crippen molar-refractivity contribution < 1.29 is 37.0 Å². The van der Waals surface area contributed by atoms with Gasteiger partial charge in [0.05, 0.1) is 5.69 Å². The van der Waals surface area contributed by atoms with E-state index < -0.39 is 30.4 Å². The Hall–Kier alpha value is -4.00. The number of hydrogen-bond acceptors (Lipinski definition) is 6. The quantitative estimate of drug-likeness (QED) is 0.294. The summed E-state index contributed by atoms with van der Waals surface area (Å²) in [5.41, 5.74) is 0.450. The van der Waals surface area contributed by atoms with E-state index in [0.717, 1.165) is 6.07 Å². The molecule has 0 atom stereocenters. The summed E-state index contributed by atoms with van der Waals surface area (Å²) in [6, 6.07) is 10.8. The molecule has 0 unspecified atom stereocenters. The molecule has 186 valence electrons. The zero-order valence-corrected chi connectivity index (χ0v) is 18.2. The third-order valence-electron chi connectivity index (χ3n) is 4.59. The number of aliphatic hydroxyl groups excluding tert-OH is 1. The minimum atomic E-state index is -4.54. The van der Waals surface area contributed by atoms with E-state index in [1.165, 1.54) is 47.1 Å². The molecular weight excluding hydrogens is 474 g/mol. The van der Waals surface area contributed by atoms with Crippen molar-refractivity contribution in [2.24, 2.45) is 0 Å². The number of rotatable bonds is 10. The van der Waals surface area contributed by atoms with Gasteiger partial charge in [-0.1, -0.05) is 11.3 Å². The summed E-state index contributed by atoms with van der Waals surface area (Å²) in [4.78, 5) is 24.5. The van der Waals surface area contributed by atoms with Crippen LogP contribution in [0.1, 0.15) is 33.0 Å². The number of nitrogens with one attached hydrogen (secondary N) is 2. The van der Waals surface area contributed by atoms with Gasteiger partial charge >= 0.3 is 6.18 Å². The first-order valence-corrected chi connectivity index (χ1v) is 10.4. The monoisotopic (exact) mass is 495 g/mol. The van der Waals surface area contributed by atoms with E-state index in [0.29, 0.717) is 12.1 Å². The number of carbonyl (C=O) groups excluding carboxylic acids is 2. The zero-order valence-electron chi connectivity index (χ0n) is 18.2. The van der Waals surface area contributed by atoms with Crippen LogP contribution in [-0.4, -0.2) is 57.8 Å². The minimum absolute atomic E-state index is 0.0161. The number of amides is 2. The van der Waals surface area contributed by atoms with E-state index in [9.17, 15) is 27.2 Å². The first-order chi connectivity index (χ1) is 16.7. The first kappa shape index (κ1) is 25.6. The van der Waals surface area contributed by atoms with Crippen LogP contribution in [-0.2, 0) is 6.61 Å². The fraction of sp³-hybridized carbons (Fsp3) is 0.273. The van der Waals surface area contributed by atoms with Crippen LogP contribution in [0.3, 0.4) is 0 Å². The van der Waals surface area contributed by atoms with Gasteiger partial charge < -0.3 is 20.5 Å². The molecule has 13 heteroatoms. The molecule has 0 saturated carbocycles. The third-order valence-corrected chi connectivity index (χ3v) is 4.59. The Balaban J connectivity index is 1.84. The maximum absolute atomic E-state index is 13.5. The number of nitrogens with zero attached hydrogens (tertiary/aromatic N) is 3. The molecule has 0 saturated heterocycles. The highest BCUT2D eigenvalue weighted by molar-refractivity contribution is 5.94. The molecule has 2 aromatic carbocycles. The number of aromatic nitrogens is 3. The SMILES string of the molecule is O=C(NCC(F)(F)F)c1ccc(-n2nnc(C(=O)NCCCO)c2COc2cccc(F)c2)cc1. The van der Waals surface area contributed by atoms with Gasteiger partial charge in [-0.15, -0.1) is 5.10 Å². The summed E-state index contributed by atoms with van der Waals surface area (Å²) < 4.78 is 57.4. The zero-order chi connectivity index (χ0) is 25.4. The first-order valence-electron chi connectivity index (χ1n) is 10.4. The molecule has 0 aliphatic heterocycles. The third kappa shape index (κ3) is 7.24. The van der Waals surface area contributed by atoms with Crippen molar-refractivity contribution in [3.63, 3.8) is 0 Å². The highest BCUT2D eigenvalue weighted by Gasteiger charge is 2.28. The molecule has 0 fully saturated rings. The van der Waals surface area contributed by atoms with Gasteiger partial charge in [0.15, 0.2) is 5.69 Å². The highest BCUT2D eigenvalue weighted by Crippen LogP contribution is 2.19. The lowest BCUT2D eigenvalue weighted by Gasteiger charge is -2.11. The molecule has 0 radical (unpaired) electrons. The molecule has 0 spiro atoms. The molecule has 3 aromatic rings. The van der Waals surface area contributed by atoms with Crippen LogP contribution in [0.2, 0.25) is 0 Å². The summed E-state index contributed by atoms with van der Waals surface area (Å²) in [6.45, 7) is -1.63. The minimum Gasteiger partial charge on any atom is -0.487 e. The fourth-order valence-corrected chi connectivity index (χ4v) is 2.92. The van der Waals surface area contributed by atoms with Gasteiger partial charge in [0.25, 0.3) is 11.8 Å². The highest BCUT2D eigenvalue weighted by atomic mass is 19.4. The van der Waals surface area contributed by atoms with Crippen molar-refractivity contribution in [3.8, 4) is 11.4 Å². The second kappa shape index (κ2) is 11.4. The van der Waals surface area contributed by atoms with Crippen LogP contribution in [0.4, 0.5) is 17.6 Å². The summed E-state index contributed by atoms with van der Waals surface area (Å²) in [7, 11) is 0. The standard InChI is InChI=1S/C22H21F4N5O4/c23-15-3-1-4-17(11-15)35-12-18-19(21(34)27-9-2-10-32)29-30-31(18)16-7-5-14(6-8-16)20(33)28-13-22(24,25)26/h1,3-8,11,32H,2,9-10,12-13H2,(H,27,34)(H,28,33). The van der Waals surface area contributed by atoms with E-state index in [1.54, 1.807) is 5.32 Å². The number of aliphatic hydroxyl groups is 1. The number of carbonyl (C=O) groups is 2. The van der Waals surface area contributed by atoms with Gasteiger partial charge in [-0.3, -0.25) is 9.59 Å². The Morgan fingerprint density at radius 2 is 1.80 bits per heavy atom. The van der Waals surface area contributed by atoms with Crippen LogP contribution in [0.25, 0.3) is 5.69 Å². The van der Waals surface area contributed by atoms with Crippen molar-refractivity contribution in [1.29, 1.82) is 0 Å². The summed E-state index contributed by atoms with van der Waals surface area (Å²) in [5, 5.41) is 21.1. The van der Waals surface area contributed by atoms with Crippen molar-refractivity contribution in [3.05, 3.63) is 71.3 Å². The number of ether oxygens (including phenoxy) is 1. The Morgan fingerprint density at radius 1 is 1.06 bits per heavy atom. The largest absolute Gasteiger partial charge is 0.487 e. The van der Waals surface area contributed by atoms with Gasteiger partial charge in [-0.2, -0.15) is 13.2 Å². The van der Waals surface area contributed by atoms with Crippen LogP contribution in [0.15, 0.2) is 48.5 Å². The van der Waals surface area contributed by atoms with E-state index in [4.69, 9.17) is 9.84 Å². The van der Waals surface area contributed by atoms with Gasteiger partial charge in [-0.05, 0) is 42.8 Å². The van der Waals surface area contributed by atoms with Gasteiger partial charge in [0.2, 0.25) is 0 Å². The number of halogens is 4. The maximum atomic E-state index is 13.5. The van der Waals surface area contributed by atoms with Crippen LogP contribution in [0.5, 0.6) is 5.75 Å². The second-order valence-corrected chi connectivity index (χ2v) is 7.22. The fourth-order valence-electron chi connectivity index (χ4n) is 2.92. The van der Waals surface area contributed by atoms with Gasteiger partial charge in [0, 0.05) is 24.8 Å². The van der Waals surface area contributed by atoms with Crippen molar-refractivity contribution >= 4 is 11.8 Å². The maximum Gasteiger partial charge on any atom is 0.405 e. The van der Waals surface area contributed by atoms with Crippen molar-refractivity contribution in [2.75, 3.05) is 19.7 Å². The predicted octanol–water partition coefficient (Wildman–Crippen LogP) is 2.39. The number of benzene rings is 2. The lowest BCUT2D eigenvalue weighted by atomic mass is 10.2. The molecule has 0 aliphatic carbocycles. The van der Waals surface area contributed by atoms with Crippen molar-refractivity contribution in [1.82, 2.24) is 25.6 Å². The van der Waals surface area contributed by atoms with Gasteiger partial charge in [-0.25, -0.2) is 9.07 Å². The van der Waals surface area contributed by atoms with E-state index >= 15 is 0 Å². The molecule has 0 aliphatic rings. The second-order valence-electron chi connectivity index (χ2n) is 7.22. The lowest BCUT2D eigenvalue weighted by Crippen LogP contribution is -2.33. The van der Waals surface area contributed by atoms with E-state index in [1.807, 2.05) is 0 Å². The molecular formula is C22H21F4N5O4. The Morgan fingerprint density at radius 3 is 2.46 bits per heavy atom. The smallest absolute Gasteiger partial charge is 0.405 e. The van der Waals surface area contributed by atoms with E-state index in [-0.39, 0.29) is 42.5 Å². The Labute approximate surface area is 196 Å². The Kier molecular flexibility index (Phi) is 8.36.